The normalized spacial score (nSPS) is 10.5. The van der Waals surface area contributed by atoms with E-state index in [2.05, 4.69) is 15.3 Å². The number of nitrogens with one attached hydrogen (secondary N) is 3. The number of aromatic nitrogens is 2. The molecule has 0 radical (unpaired) electrons. The second-order valence-electron chi connectivity index (χ2n) is 4.72. The number of rotatable bonds is 3. The summed E-state index contributed by atoms with van der Waals surface area (Å²) in [6.45, 7) is 0. The smallest absolute Gasteiger partial charge is 0.265 e. The standard InChI is InChI=1S/C15H12N4O3/c16-13(20)12-7-8-6-9(3-4-11(8)19-12)18-15(22)10-2-1-5-17-14(10)21/h1-7,19H,(H2,16,20)(H,17,21)(H,18,22). The fourth-order valence-electron chi connectivity index (χ4n) is 2.14. The molecule has 0 fully saturated rings. The number of hydrogen-bond acceptors (Lipinski definition) is 3. The van der Waals surface area contributed by atoms with Gasteiger partial charge in [-0.1, -0.05) is 0 Å². The molecule has 1 aromatic carbocycles. The number of carbonyl (C=O) groups excluding carboxylic acids is 2. The van der Waals surface area contributed by atoms with Crippen LogP contribution in [-0.2, 0) is 0 Å². The SMILES string of the molecule is NC(=O)c1cc2cc(NC(=O)c3ccc[nH]c3=O)ccc2[nH]1. The lowest BCUT2D eigenvalue weighted by molar-refractivity contribution is 0.0994. The van der Waals surface area contributed by atoms with Crippen molar-refractivity contribution in [1.29, 1.82) is 0 Å². The van der Waals surface area contributed by atoms with Gasteiger partial charge in [0, 0.05) is 22.8 Å². The molecule has 3 aromatic rings. The van der Waals surface area contributed by atoms with Crippen LogP contribution >= 0.6 is 0 Å². The third-order valence-corrected chi connectivity index (χ3v) is 3.21. The van der Waals surface area contributed by atoms with E-state index in [1.807, 2.05) is 0 Å². The lowest BCUT2D eigenvalue weighted by Crippen LogP contribution is -2.22. The molecule has 0 unspecified atom stereocenters. The maximum absolute atomic E-state index is 12.1. The Labute approximate surface area is 124 Å². The van der Waals surface area contributed by atoms with Crippen LogP contribution in [0.3, 0.4) is 0 Å². The number of hydrogen-bond donors (Lipinski definition) is 4. The van der Waals surface area contributed by atoms with Crippen LogP contribution in [0.1, 0.15) is 20.8 Å². The van der Waals surface area contributed by atoms with Gasteiger partial charge in [-0.05, 0) is 36.4 Å². The van der Waals surface area contributed by atoms with Crippen molar-refractivity contribution < 1.29 is 9.59 Å². The molecule has 0 aliphatic carbocycles. The summed E-state index contributed by atoms with van der Waals surface area (Å²) < 4.78 is 0. The van der Waals surface area contributed by atoms with Crippen molar-refractivity contribution in [1.82, 2.24) is 9.97 Å². The van der Waals surface area contributed by atoms with Gasteiger partial charge in [-0.3, -0.25) is 14.4 Å². The zero-order chi connectivity index (χ0) is 15.7. The summed E-state index contributed by atoms with van der Waals surface area (Å²) in [6, 6.07) is 9.68. The van der Waals surface area contributed by atoms with Crippen molar-refractivity contribution in [2.24, 2.45) is 5.73 Å². The first-order chi connectivity index (χ1) is 10.5. The third-order valence-electron chi connectivity index (χ3n) is 3.21. The predicted octanol–water partition coefficient (Wildman–Crippen LogP) is 1.21. The van der Waals surface area contributed by atoms with Crippen LogP contribution in [0.15, 0.2) is 47.4 Å². The van der Waals surface area contributed by atoms with E-state index in [9.17, 15) is 14.4 Å². The van der Waals surface area contributed by atoms with Crippen molar-refractivity contribution in [2.75, 3.05) is 5.32 Å². The van der Waals surface area contributed by atoms with E-state index in [0.29, 0.717) is 5.69 Å². The van der Waals surface area contributed by atoms with E-state index in [4.69, 9.17) is 5.73 Å². The van der Waals surface area contributed by atoms with Crippen molar-refractivity contribution >= 4 is 28.4 Å². The van der Waals surface area contributed by atoms with Crippen molar-refractivity contribution in [3.63, 3.8) is 0 Å². The number of aromatic amines is 2. The molecule has 0 atom stereocenters. The van der Waals surface area contributed by atoms with E-state index in [1.165, 1.54) is 12.3 Å². The first kappa shape index (κ1) is 13.6. The molecule has 110 valence electrons. The minimum atomic E-state index is -0.558. The lowest BCUT2D eigenvalue weighted by atomic mass is 10.2. The van der Waals surface area contributed by atoms with Gasteiger partial charge in [0.25, 0.3) is 17.4 Å². The van der Waals surface area contributed by atoms with E-state index < -0.39 is 17.4 Å². The Morgan fingerprint density at radius 1 is 1.14 bits per heavy atom. The second kappa shape index (κ2) is 5.21. The fraction of sp³-hybridized carbons (Fsp3) is 0. The largest absolute Gasteiger partial charge is 0.364 e. The molecule has 2 amide bonds. The van der Waals surface area contributed by atoms with Crippen molar-refractivity contribution in [3.8, 4) is 0 Å². The van der Waals surface area contributed by atoms with Gasteiger partial charge in [0.1, 0.15) is 11.3 Å². The number of fused-ring (bicyclic) bond motifs is 1. The quantitative estimate of drug-likeness (QED) is 0.581. The molecule has 2 heterocycles. The Morgan fingerprint density at radius 2 is 1.95 bits per heavy atom. The van der Waals surface area contributed by atoms with E-state index in [-0.39, 0.29) is 11.3 Å². The summed E-state index contributed by atoms with van der Waals surface area (Å²) in [5.41, 5.74) is 6.30. The van der Waals surface area contributed by atoms with Gasteiger partial charge in [-0.25, -0.2) is 0 Å². The van der Waals surface area contributed by atoms with E-state index in [0.717, 1.165) is 10.9 Å². The van der Waals surface area contributed by atoms with Crippen LogP contribution < -0.4 is 16.6 Å². The highest BCUT2D eigenvalue weighted by Gasteiger charge is 2.11. The number of benzene rings is 1. The van der Waals surface area contributed by atoms with Crippen LogP contribution in [0, 0.1) is 0 Å². The summed E-state index contributed by atoms with van der Waals surface area (Å²) in [5, 5.41) is 3.37. The molecule has 2 aromatic heterocycles. The molecule has 0 saturated carbocycles. The number of nitrogens with two attached hydrogens (primary N) is 1. The van der Waals surface area contributed by atoms with Crippen LogP contribution in [0.4, 0.5) is 5.69 Å². The molecule has 0 bridgehead atoms. The minimum Gasteiger partial charge on any atom is -0.364 e. The molecule has 0 aliphatic rings. The highest BCUT2D eigenvalue weighted by Crippen LogP contribution is 2.20. The maximum atomic E-state index is 12.1. The highest BCUT2D eigenvalue weighted by molar-refractivity contribution is 6.05. The molecular weight excluding hydrogens is 284 g/mol. The molecular formula is C15H12N4O3. The van der Waals surface area contributed by atoms with Crippen LogP contribution in [0.25, 0.3) is 10.9 Å². The van der Waals surface area contributed by atoms with Gasteiger partial charge in [-0.2, -0.15) is 0 Å². The highest BCUT2D eigenvalue weighted by atomic mass is 16.2. The topological polar surface area (TPSA) is 121 Å². The Bertz CT molecular complexity index is 939. The van der Waals surface area contributed by atoms with Crippen molar-refractivity contribution in [3.05, 3.63) is 64.2 Å². The Hall–Kier alpha value is -3.35. The number of anilines is 1. The molecule has 22 heavy (non-hydrogen) atoms. The molecule has 0 spiro atoms. The molecule has 0 aliphatic heterocycles. The summed E-state index contributed by atoms with van der Waals surface area (Å²) in [4.78, 5) is 40.1. The Morgan fingerprint density at radius 3 is 2.68 bits per heavy atom. The van der Waals surface area contributed by atoms with Crippen LogP contribution in [0.5, 0.6) is 0 Å². The summed E-state index contributed by atoms with van der Waals surface area (Å²) in [6.07, 6.45) is 1.45. The second-order valence-corrected chi connectivity index (χ2v) is 4.72. The zero-order valence-corrected chi connectivity index (χ0v) is 11.3. The minimum absolute atomic E-state index is 0.0227. The van der Waals surface area contributed by atoms with E-state index in [1.54, 1.807) is 30.3 Å². The molecule has 7 heteroatoms. The Balaban J connectivity index is 1.91. The maximum Gasteiger partial charge on any atom is 0.265 e. The fourth-order valence-corrected chi connectivity index (χ4v) is 2.14. The monoisotopic (exact) mass is 296 g/mol. The summed E-state index contributed by atoms with van der Waals surface area (Å²) >= 11 is 0. The lowest BCUT2D eigenvalue weighted by Gasteiger charge is -2.04. The zero-order valence-electron chi connectivity index (χ0n) is 11.3. The first-order valence-electron chi connectivity index (χ1n) is 6.46. The number of H-pyrrole nitrogens is 2. The molecule has 0 saturated heterocycles. The van der Waals surface area contributed by atoms with Crippen molar-refractivity contribution in [2.45, 2.75) is 0 Å². The number of amides is 2. The average molecular weight is 296 g/mol. The van der Waals surface area contributed by atoms with Gasteiger partial charge in [0.05, 0.1) is 0 Å². The van der Waals surface area contributed by atoms with Gasteiger partial charge < -0.3 is 21.0 Å². The summed E-state index contributed by atoms with van der Waals surface area (Å²) in [7, 11) is 0. The predicted molar refractivity (Wildman–Crippen MR) is 81.8 cm³/mol. The number of primary amides is 1. The van der Waals surface area contributed by atoms with Crippen LogP contribution in [-0.4, -0.2) is 21.8 Å². The van der Waals surface area contributed by atoms with Crippen LogP contribution in [0.2, 0.25) is 0 Å². The van der Waals surface area contributed by atoms with Gasteiger partial charge in [0.2, 0.25) is 0 Å². The first-order valence-corrected chi connectivity index (χ1v) is 6.46. The van der Waals surface area contributed by atoms with Gasteiger partial charge >= 0.3 is 0 Å². The van der Waals surface area contributed by atoms with Gasteiger partial charge in [-0.15, -0.1) is 0 Å². The Kier molecular flexibility index (Phi) is 3.23. The average Bonchev–Trinajstić information content (AvgIpc) is 2.91. The molecule has 5 N–H and O–H groups in total. The molecule has 7 nitrogen and oxygen atoms in total. The third kappa shape index (κ3) is 2.47. The summed E-state index contributed by atoms with van der Waals surface area (Å²) in [5.74, 6) is -1.07. The van der Waals surface area contributed by atoms with Gasteiger partial charge in [0.15, 0.2) is 0 Å². The molecule has 3 rings (SSSR count). The number of pyridine rings is 1. The number of carbonyl (C=O) groups is 2. The van der Waals surface area contributed by atoms with E-state index >= 15 is 0 Å².